The van der Waals surface area contributed by atoms with E-state index in [9.17, 15) is 9.59 Å². The highest BCUT2D eigenvalue weighted by molar-refractivity contribution is 5.87. The summed E-state index contributed by atoms with van der Waals surface area (Å²) in [5.41, 5.74) is 6.35. The molecule has 1 saturated heterocycles. The number of carbonyl (C=O) groups is 2. The first kappa shape index (κ1) is 14.5. The van der Waals surface area contributed by atoms with Crippen LogP contribution in [0.5, 0.6) is 0 Å². The molecule has 0 saturated carbocycles. The minimum Gasteiger partial charge on any atom is -0.368 e. The average molecular weight is 275 g/mol. The van der Waals surface area contributed by atoms with Crippen LogP contribution in [0.2, 0.25) is 0 Å². The molecule has 5 nitrogen and oxygen atoms in total. The van der Waals surface area contributed by atoms with Crippen LogP contribution in [0.15, 0.2) is 30.3 Å². The van der Waals surface area contributed by atoms with Crippen molar-refractivity contribution in [3.05, 3.63) is 35.9 Å². The maximum Gasteiger partial charge on any atom is 0.240 e. The molecule has 0 radical (unpaired) electrons. The van der Waals surface area contributed by atoms with Gasteiger partial charge in [-0.1, -0.05) is 30.3 Å². The zero-order valence-electron chi connectivity index (χ0n) is 11.5. The third-order valence-electron chi connectivity index (χ3n) is 3.56. The SMILES string of the molecule is NC(=O)[C@H](Cc1ccccc1)NC(=O)C[C@@H]1CCCN1. The molecule has 0 aliphatic carbocycles. The Morgan fingerprint density at radius 1 is 1.35 bits per heavy atom. The fourth-order valence-corrected chi connectivity index (χ4v) is 2.48. The summed E-state index contributed by atoms with van der Waals surface area (Å²) in [7, 11) is 0. The molecule has 4 N–H and O–H groups in total. The lowest BCUT2D eigenvalue weighted by atomic mass is 10.0. The maximum atomic E-state index is 11.9. The van der Waals surface area contributed by atoms with Crippen molar-refractivity contribution in [3.8, 4) is 0 Å². The largest absolute Gasteiger partial charge is 0.368 e. The number of primary amides is 1. The van der Waals surface area contributed by atoms with Gasteiger partial charge in [0.2, 0.25) is 11.8 Å². The van der Waals surface area contributed by atoms with Crippen LogP contribution in [0.4, 0.5) is 0 Å². The molecule has 108 valence electrons. The van der Waals surface area contributed by atoms with E-state index in [0.29, 0.717) is 12.8 Å². The first-order chi connectivity index (χ1) is 9.65. The molecule has 1 heterocycles. The molecule has 1 fully saturated rings. The molecular formula is C15H21N3O2. The van der Waals surface area contributed by atoms with Gasteiger partial charge in [0, 0.05) is 18.9 Å². The van der Waals surface area contributed by atoms with Crippen molar-refractivity contribution < 1.29 is 9.59 Å². The predicted molar refractivity (Wildman–Crippen MR) is 76.9 cm³/mol. The number of hydrogen-bond donors (Lipinski definition) is 3. The topological polar surface area (TPSA) is 84.2 Å². The third kappa shape index (κ3) is 4.35. The number of hydrogen-bond acceptors (Lipinski definition) is 3. The highest BCUT2D eigenvalue weighted by Crippen LogP contribution is 2.09. The fourth-order valence-electron chi connectivity index (χ4n) is 2.48. The van der Waals surface area contributed by atoms with E-state index >= 15 is 0 Å². The van der Waals surface area contributed by atoms with Crippen LogP contribution in [-0.2, 0) is 16.0 Å². The van der Waals surface area contributed by atoms with Gasteiger partial charge in [-0.25, -0.2) is 0 Å². The molecule has 0 aromatic heterocycles. The molecule has 2 rings (SSSR count). The van der Waals surface area contributed by atoms with Gasteiger partial charge in [-0.15, -0.1) is 0 Å². The zero-order chi connectivity index (χ0) is 14.4. The number of nitrogens with two attached hydrogens (primary N) is 1. The van der Waals surface area contributed by atoms with E-state index in [1.807, 2.05) is 30.3 Å². The molecule has 2 atom stereocenters. The van der Waals surface area contributed by atoms with Crippen molar-refractivity contribution >= 4 is 11.8 Å². The first-order valence-electron chi connectivity index (χ1n) is 7.01. The van der Waals surface area contributed by atoms with E-state index in [1.165, 1.54) is 0 Å². The van der Waals surface area contributed by atoms with E-state index < -0.39 is 11.9 Å². The average Bonchev–Trinajstić information content (AvgIpc) is 2.92. The van der Waals surface area contributed by atoms with Gasteiger partial charge < -0.3 is 16.4 Å². The number of carbonyl (C=O) groups excluding carboxylic acids is 2. The number of benzene rings is 1. The lowest BCUT2D eigenvalue weighted by Gasteiger charge is -2.17. The molecule has 0 bridgehead atoms. The van der Waals surface area contributed by atoms with Gasteiger partial charge in [0.05, 0.1) is 0 Å². The van der Waals surface area contributed by atoms with Crippen molar-refractivity contribution in [2.75, 3.05) is 6.54 Å². The lowest BCUT2D eigenvalue weighted by Crippen LogP contribution is -2.47. The minimum atomic E-state index is -0.647. The van der Waals surface area contributed by atoms with E-state index in [1.54, 1.807) is 0 Å². The van der Waals surface area contributed by atoms with Gasteiger partial charge in [-0.05, 0) is 24.9 Å². The van der Waals surface area contributed by atoms with E-state index in [0.717, 1.165) is 24.9 Å². The van der Waals surface area contributed by atoms with Crippen LogP contribution in [0.3, 0.4) is 0 Å². The smallest absolute Gasteiger partial charge is 0.240 e. The second-order valence-corrected chi connectivity index (χ2v) is 5.21. The van der Waals surface area contributed by atoms with Crippen LogP contribution >= 0.6 is 0 Å². The Balaban J connectivity index is 1.88. The minimum absolute atomic E-state index is 0.121. The highest BCUT2D eigenvalue weighted by Gasteiger charge is 2.22. The fraction of sp³-hybridized carbons (Fsp3) is 0.467. The Labute approximate surface area is 118 Å². The number of rotatable bonds is 6. The van der Waals surface area contributed by atoms with Crippen LogP contribution in [-0.4, -0.2) is 30.4 Å². The molecule has 1 aromatic rings. The predicted octanol–water partition coefficient (Wildman–Crippen LogP) is 0.341. The summed E-state index contributed by atoms with van der Waals surface area (Å²) < 4.78 is 0. The van der Waals surface area contributed by atoms with Crippen molar-refractivity contribution in [2.24, 2.45) is 5.73 Å². The zero-order valence-corrected chi connectivity index (χ0v) is 11.5. The Hall–Kier alpha value is -1.88. The number of nitrogens with one attached hydrogen (secondary N) is 2. The van der Waals surface area contributed by atoms with Crippen LogP contribution < -0.4 is 16.4 Å². The van der Waals surface area contributed by atoms with Gasteiger partial charge >= 0.3 is 0 Å². The van der Waals surface area contributed by atoms with Crippen molar-refractivity contribution in [2.45, 2.75) is 37.8 Å². The maximum absolute atomic E-state index is 11.9. The Morgan fingerprint density at radius 3 is 2.70 bits per heavy atom. The van der Waals surface area contributed by atoms with Gasteiger partial charge in [0.15, 0.2) is 0 Å². The molecule has 1 aliphatic rings. The van der Waals surface area contributed by atoms with Crippen molar-refractivity contribution in [3.63, 3.8) is 0 Å². The Kier molecular flexibility index (Phi) is 5.12. The Bertz CT molecular complexity index is 455. The summed E-state index contributed by atoms with van der Waals surface area (Å²) in [6.07, 6.45) is 2.94. The van der Waals surface area contributed by atoms with Crippen molar-refractivity contribution in [1.29, 1.82) is 0 Å². The van der Waals surface area contributed by atoms with E-state index in [-0.39, 0.29) is 11.9 Å². The normalized spacial score (nSPS) is 19.5. The molecule has 5 heteroatoms. The molecule has 1 aliphatic heterocycles. The molecule has 0 spiro atoms. The standard InChI is InChI=1S/C15H21N3O2/c16-15(20)13(9-11-5-2-1-3-6-11)18-14(19)10-12-7-4-8-17-12/h1-3,5-6,12-13,17H,4,7-10H2,(H2,16,20)(H,18,19)/t12-,13-/m0/s1. The van der Waals surface area contributed by atoms with Gasteiger partial charge in [0.25, 0.3) is 0 Å². The molecule has 0 unspecified atom stereocenters. The quantitative estimate of drug-likeness (QED) is 0.700. The Morgan fingerprint density at radius 2 is 2.10 bits per heavy atom. The second-order valence-electron chi connectivity index (χ2n) is 5.21. The van der Waals surface area contributed by atoms with E-state index in [2.05, 4.69) is 10.6 Å². The van der Waals surface area contributed by atoms with Crippen LogP contribution in [0.25, 0.3) is 0 Å². The van der Waals surface area contributed by atoms with Crippen molar-refractivity contribution in [1.82, 2.24) is 10.6 Å². The monoisotopic (exact) mass is 275 g/mol. The van der Waals surface area contributed by atoms with Gasteiger partial charge in [-0.2, -0.15) is 0 Å². The third-order valence-corrected chi connectivity index (χ3v) is 3.56. The summed E-state index contributed by atoms with van der Waals surface area (Å²) >= 11 is 0. The lowest BCUT2D eigenvalue weighted by molar-refractivity contribution is -0.127. The summed E-state index contributed by atoms with van der Waals surface area (Å²) in [5.74, 6) is -0.620. The molecule has 20 heavy (non-hydrogen) atoms. The molecular weight excluding hydrogens is 254 g/mol. The van der Waals surface area contributed by atoms with Gasteiger partial charge in [-0.3, -0.25) is 9.59 Å². The second kappa shape index (κ2) is 7.05. The summed E-state index contributed by atoms with van der Waals surface area (Å²) in [5, 5.41) is 6.00. The summed E-state index contributed by atoms with van der Waals surface area (Å²) in [6.45, 7) is 0.960. The summed E-state index contributed by atoms with van der Waals surface area (Å²) in [4.78, 5) is 23.4. The molecule has 1 aromatic carbocycles. The van der Waals surface area contributed by atoms with Gasteiger partial charge in [0.1, 0.15) is 6.04 Å². The number of amides is 2. The summed E-state index contributed by atoms with van der Waals surface area (Å²) in [6, 6.07) is 9.12. The van der Waals surface area contributed by atoms with E-state index in [4.69, 9.17) is 5.73 Å². The van der Waals surface area contributed by atoms with Crippen LogP contribution in [0.1, 0.15) is 24.8 Å². The first-order valence-corrected chi connectivity index (χ1v) is 7.01. The highest BCUT2D eigenvalue weighted by atomic mass is 16.2. The molecule has 2 amide bonds. The van der Waals surface area contributed by atoms with Crippen LogP contribution in [0, 0.1) is 0 Å².